The topological polar surface area (TPSA) is 81.1 Å². The monoisotopic (exact) mass is 606 g/mol. The second-order valence-corrected chi connectivity index (χ2v) is 9.69. The van der Waals surface area contributed by atoms with Gasteiger partial charge in [0.05, 0.1) is 0 Å². The maximum Gasteiger partial charge on any atom is 0.328 e. The maximum absolute atomic E-state index is 9.55. The molecule has 6 rings (SSSR count). The van der Waals surface area contributed by atoms with E-state index in [1.807, 2.05) is 36.4 Å². The average Bonchev–Trinajstić information content (AvgIpc) is 3.11. The molecule has 0 saturated carbocycles. The first-order valence-corrected chi connectivity index (χ1v) is 14.6. The van der Waals surface area contributed by atoms with Gasteiger partial charge < -0.3 is 20.0 Å². The number of carboxylic acids is 2. The highest BCUT2D eigenvalue weighted by Crippen LogP contribution is 2.34. The van der Waals surface area contributed by atoms with Gasteiger partial charge in [-0.15, -0.1) is 0 Å². The molecule has 6 nitrogen and oxygen atoms in total. The van der Waals surface area contributed by atoms with Crippen molar-refractivity contribution in [3.63, 3.8) is 0 Å². The van der Waals surface area contributed by atoms with E-state index in [1.54, 1.807) is 0 Å². The average molecular weight is 607 g/mol. The quantitative estimate of drug-likeness (QED) is 0.168. The molecule has 0 aliphatic carbocycles. The molecule has 0 heterocycles. The molecule has 6 aromatic rings. The smallest absolute Gasteiger partial charge is 0.328 e. The summed E-state index contributed by atoms with van der Waals surface area (Å²) < 4.78 is 0. The van der Waals surface area contributed by atoms with Crippen molar-refractivity contribution in [1.29, 1.82) is 0 Å². The van der Waals surface area contributed by atoms with Gasteiger partial charge in [-0.3, -0.25) is 0 Å². The zero-order valence-electron chi connectivity index (χ0n) is 25.1. The van der Waals surface area contributed by atoms with Gasteiger partial charge in [0.25, 0.3) is 0 Å². The highest BCUT2D eigenvalue weighted by Gasteiger charge is 2.11. The van der Waals surface area contributed by atoms with Gasteiger partial charge in [0.15, 0.2) is 0 Å². The van der Waals surface area contributed by atoms with Gasteiger partial charge in [0, 0.05) is 46.3 Å². The fourth-order valence-electron chi connectivity index (χ4n) is 4.50. The summed E-state index contributed by atoms with van der Waals surface area (Å²) in [6, 6.07) is 62.5. The van der Waals surface area contributed by atoms with Crippen LogP contribution in [0.2, 0.25) is 0 Å². The van der Waals surface area contributed by atoms with Crippen molar-refractivity contribution in [1.82, 2.24) is 0 Å². The molecule has 0 radical (unpaired) electrons. The fraction of sp³-hybridized carbons (Fsp3) is 0. The fourth-order valence-corrected chi connectivity index (χ4v) is 4.50. The first-order valence-electron chi connectivity index (χ1n) is 14.6. The Morgan fingerprint density at radius 3 is 0.609 bits per heavy atom. The second-order valence-electron chi connectivity index (χ2n) is 9.69. The third-order valence-corrected chi connectivity index (χ3v) is 6.45. The van der Waals surface area contributed by atoms with Crippen LogP contribution in [0, 0.1) is 0 Å². The van der Waals surface area contributed by atoms with E-state index in [1.165, 1.54) is 34.1 Å². The molecule has 0 unspecified atom stereocenters. The number of hydrogen-bond acceptors (Lipinski definition) is 4. The van der Waals surface area contributed by atoms with Crippen LogP contribution in [0.4, 0.5) is 34.1 Å². The van der Waals surface area contributed by atoms with Crippen molar-refractivity contribution >= 4 is 46.1 Å². The summed E-state index contributed by atoms with van der Waals surface area (Å²) in [6.45, 7) is 0. The minimum absolute atomic E-state index is 0.558. The van der Waals surface area contributed by atoms with Gasteiger partial charge in [0.2, 0.25) is 0 Å². The van der Waals surface area contributed by atoms with Gasteiger partial charge >= 0.3 is 11.9 Å². The van der Waals surface area contributed by atoms with Crippen LogP contribution in [0.5, 0.6) is 0 Å². The summed E-state index contributed by atoms with van der Waals surface area (Å²) in [7, 11) is 0. The molecule has 0 aliphatic rings. The largest absolute Gasteiger partial charge is 0.478 e. The molecule has 6 heteroatoms. The Balaban J connectivity index is 0.000000170. The molecule has 0 aromatic heterocycles. The summed E-state index contributed by atoms with van der Waals surface area (Å²) >= 11 is 0. The number of aliphatic carboxylic acids is 2. The lowest BCUT2D eigenvalue weighted by Gasteiger charge is -2.25. The number of carboxylic acid groups (broad SMARTS) is 2. The first-order chi connectivity index (χ1) is 22.5. The van der Waals surface area contributed by atoms with Crippen LogP contribution in [0.3, 0.4) is 0 Å². The van der Waals surface area contributed by atoms with Crippen molar-refractivity contribution in [2.75, 3.05) is 9.80 Å². The van der Waals surface area contributed by atoms with E-state index < -0.39 is 11.9 Å². The molecule has 0 atom stereocenters. The van der Waals surface area contributed by atoms with E-state index in [0.29, 0.717) is 12.2 Å². The summed E-state index contributed by atoms with van der Waals surface area (Å²) in [5.41, 5.74) is 7.00. The van der Waals surface area contributed by atoms with E-state index in [9.17, 15) is 9.59 Å². The Morgan fingerprint density at radius 1 is 0.326 bits per heavy atom. The number of rotatable bonds is 8. The minimum Gasteiger partial charge on any atom is -0.478 e. The van der Waals surface area contributed by atoms with Gasteiger partial charge in [-0.05, 0) is 72.8 Å². The zero-order chi connectivity index (χ0) is 32.4. The van der Waals surface area contributed by atoms with E-state index >= 15 is 0 Å². The Labute approximate surface area is 269 Å². The lowest BCUT2D eigenvalue weighted by atomic mass is 10.2. The van der Waals surface area contributed by atoms with Crippen LogP contribution in [0.1, 0.15) is 0 Å². The number of para-hydroxylation sites is 6. The molecule has 228 valence electrons. The van der Waals surface area contributed by atoms with Gasteiger partial charge in [0.1, 0.15) is 0 Å². The van der Waals surface area contributed by atoms with E-state index in [4.69, 9.17) is 10.2 Å². The molecule has 46 heavy (non-hydrogen) atoms. The van der Waals surface area contributed by atoms with Gasteiger partial charge in [-0.25, -0.2) is 9.59 Å². The van der Waals surface area contributed by atoms with Crippen molar-refractivity contribution in [2.45, 2.75) is 0 Å². The number of hydrogen-bond donors (Lipinski definition) is 2. The number of anilines is 6. The highest BCUT2D eigenvalue weighted by molar-refractivity contribution is 5.89. The van der Waals surface area contributed by atoms with Gasteiger partial charge in [-0.2, -0.15) is 0 Å². The van der Waals surface area contributed by atoms with Crippen LogP contribution >= 0.6 is 0 Å². The summed E-state index contributed by atoms with van der Waals surface area (Å²) in [5.74, 6) is -2.51. The Morgan fingerprint density at radius 2 is 0.478 bits per heavy atom. The van der Waals surface area contributed by atoms with E-state index in [0.717, 1.165) is 0 Å². The molecule has 0 fully saturated rings. The summed E-state index contributed by atoms with van der Waals surface area (Å²) in [6.07, 6.45) is 1.12. The molecular weight excluding hydrogens is 572 g/mol. The first kappa shape index (κ1) is 32.5. The van der Waals surface area contributed by atoms with Crippen molar-refractivity contribution in [3.05, 3.63) is 194 Å². The Bertz CT molecular complexity index is 1440. The van der Waals surface area contributed by atoms with Crippen molar-refractivity contribution < 1.29 is 19.8 Å². The van der Waals surface area contributed by atoms with Crippen LogP contribution in [0.25, 0.3) is 0 Å². The molecule has 0 saturated heterocycles. The Hall–Kier alpha value is -6.40. The minimum atomic E-state index is -1.26. The molecular formula is C40H34N2O4. The standard InChI is InChI=1S/2C18H15N.C4H4O4/c2*1-4-10-16(11-5-1)19(17-12-6-2-7-13-17)18-14-8-3-9-15-18;5-3(6)1-2-4(7)8/h2*1-15H;1-2H,(H,5,6)(H,7,8)/b;;2-1+. The lowest BCUT2D eigenvalue weighted by Crippen LogP contribution is -2.09. The van der Waals surface area contributed by atoms with E-state index in [2.05, 4.69) is 155 Å². The maximum atomic E-state index is 9.55. The molecule has 0 aliphatic heterocycles. The normalized spacial score (nSPS) is 10.0. The van der Waals surface area contributed by atoms with Crippen LogP contribution in [-0.4, -0.2) is 22.2 Å². The number of nitrogens with zero attached hydrogens (tertiary/aromatic N) is 2. The molecule has 6 aromatic carbocycles. The van der Waals surface area contributed by atoms with Gasteiger partial charge in [-0.1, -0.05) is 109 Å². The summed E-state index contributed by atoms with van der Waals surface area (Å²) in [4.78, 5) is 23.6. The molecule has 2 N–H and O–H groups in total. The van der Waals surface area contributed by atoms with E-state index in [-0.39, 0.29) is 0 Å². The lowest BCUT2D eigenvalue weighted by molar-refractivity contribution is -0.134. The zero-order valence-corrected chi connectivity index (χ0v) is 25.1. The van der Waals surface area contributed by atoms with Crippen LogP contribution in [0.15, 0.2) is 194 Å². The number of carbonyl (C=O) groups is 2. The van der Waals surface area contributed by atoms with Crippen molar-refractivity contribution in [2.24, 2.45) is 0 Å². The second kappa shape index (κ2) is 17.7. The van der Waals surface area contributed by atoms with Crippen molar-refractivity contribution in [3.8, 4) is 0 Å². The van der Waals surface area contributed by atoms with Crippen LogP contribution in [-0.2, 0) is 9.59 Å². The summed E-state index contributed by atoms with van der Waals surface area (Å²) in [5, 5.41) is 15.6. The molecule has 0 bridgehead atoms. The van der Waals surface area contributed by atoms with Crippen LogP contribution < -0.4 is 9.80 Å². The molecule has 0 spiro atoms. The third kappa shape index (κ3) is 10.1. The predicted octanol–water partition coefficient (Wildman–Crippen LogP) is 10.0. The third-order valence-electron chi connectivity index (χ3n) is 6.45. The Kier molecular flexibility index (Phi) is 12.5. The number of benzene rings is 6. The SMILES string of the molecule is O=C(O)/C=C/C(=O)O.c1ccc(N(c2ccccc2)c2ccccc2)cc1.c1ccc(N(c2ccccc2)c2ccccc2)cc1. The predicted molar refractivity (Wildman–Crippen MR) is 187 cm³/mol. The highest BCUT2D eigenvalue weighted by atomic mass is 16.4. The molecule has 0 amide bonds.